The van der Waals surface area contributed by atoms with Crippen molar-refractivity contribution in [1.29, 1.82) is 0 Å². The summed E-state index contributed by atoms with van der Waals surface area (Å²) in [6, 6.07) is 11.3. The van der Waals surface area contributed by atoms with Crippen molar-refractivity contribution in [2.75, 3.05) is 6.61 Å². The molecule has 0 unspecified atom stereocenters. The van der Waals surface area contributed by atoms with Crippen LogP contribution in [-0.2, 0) is 6.42 Å². The van der Waals surface area contributed by atoms with Gasteiger partial charge in [0.2, 0.25) is 0 Å². The van der Waals surface area contributed by atoms with Gasteiger partial charge in [-0.1, -0.05) is 27.2 Å². The zero-order chi connectivity index (χ0) is 18.0. The predicted molar refractivity (Wildman–Crippen MR) is 99.2 cm³/mol. The van der Waals surface area contributed by atoms with Crippen LogP contribution < -0.4 is 0 Å². The number of aromatic nitrogens is 3. The van der Waals surface area contributed by atoms with Gasteiger partial charge in [0, 0.05) is 28.6 Å². The average molecular weight is 400 g/mol. The lowest BCUT2D eigenvalue weighted by molar-refractivity contribution is 0.103. The van der Waals surface area contributed by atoms with E-state index in [1.54, 1.807) is 10.9 Å². The maximum absolute atomic E-state index is 13.0. The largest absolute Gasteiger partial charge is 0.396 e. The number of aliphatic hydroxyl groups is 1. The van der Waals surface area contributed by atoms with Gasteiger partial charge in [-0.25, -0.2) is 4.68 Å². The third kappa shape index (κ3) is 3.70. The maximum Gasteiger partial charge on any atom is 0.193 e. The third-order valence-electron chi connectivity index (χ3n) is 4.07. The van der Waals surface area contributed by atoms with Crippen LogP contribution in [0.5, 0.6) is 0 Å². The molecule has 0 bridgehead atoms. The standard InChI is InChI=1S/C19H18BrN3O2/c1-12-3-5-16(23-11-15(7-8-24)21-22-23)10-18(12)19(25)17-6-4-14(20)9-13(17)2/h3-6,9-11,24H,7-8H2,1-2H3. The van der Waals surface area contributed by atoms with Crippen molar-refractivity contribution >= 4 is 21.7 Å². The molecule has 0 atom stereocenters. The number of benzene rings is 2. The molecule has 0 fully saturated rings. The molecule has 5 nitrogen and oxygen atoms in total. The van der Waals surface area contributed by atoms with Crippen LogP contribution in [0, 0.1) is 13.8 Å². The molecule has 3 aromatic rings. The number of carbonyl (C=O) groups is 1. The van der Waals surface area contributed by atoms with Crippen LogP contribution in [0.15, 0.2) is 47.1 Å². The lowest BCUT2D eigenvalue weighted by atomic mass is 9.95. The van der Waals surface area contributed by atoms with Crippen molar-refractivity contribution in [3.63, 3.8) is 0 Å². The fraction of sp³-hybridized carbons (Fsp3) is 0.211. The quantitative estimate of drug-likeness (QED) is 0.667. The first-order valence-electron chi connectivity index (χ1n) is 7.93. The normalized spacial score (nSPS) is 10.9. The van der Waals surface area contributed by atoms with Gasteiger partial charge in [-0.3, -0.25) is 4.79 Å². The van der Waals surface area contributed by atoms with Gasteiger partial charge in [0.1, 0.15) is 0 Å². The van der Waals surface area contributed by atoms with Crippen molar-refractivity contribution in [1.82, 2.24) is 15.0 Å². The number of hydrogen-bond donors (Lipinski definition) is 1. The first-order valence-corrected chi connectivity index (χ1v) is 8.73. The van der Waals surface area contributed by atoms with Gasteiger partial charge in [-0.15, -0.1) is 5.10 Å². The Labute approximate surface area is 154 Å². The Morgan fingerprint density at radius 3 is 2.64 bits per heavy atom. The number of rotatable bonds is 5. The minimum Gasteiger partial charge on any atom is -0.396 e. The molecule has 2 aromatic carbocycles. The van der Waals surface area contributed by atoms with Crippen molar-refractivity contribution in [3.05, 3.63) is 75.0 Å². The van der Waals surface area contributed by atoms with Crippen LogP contribution >= 0.6 is 15.9 Å². The summed E-state index contributed by atoms with van der Waals surface area (Å²) in [5, 5.41) is 17.1. The van der Waals surface area contributed by atoms with Gasteiger partial charge in [0.05, 0.1) is 17.6 Å². The van der Waals surface area contributed by atoms with E-state index in [9.17, 15) is 4.79 Å². The Morgan fingerprint density at radius 1 is 1.12 bits per heavy atom. The van der Waals surface area contributed by atoms with E-state index in [-0.39, 0.29) is 12.4 Å². The van der Waals surface area contributed by atoms with E-state index in [1.807, 2.05) is 50.2 Å². The van der Waals surface area contributed by atoms with Crippen LogP contribution in [-0.4, -0.2) is 32.5 Å². The molecule has 25 heavy (non-hydrogen) atoms. The minimum absolute atomic E-state index is 0.0138. The second kappa shape index (κ2) is 7.29. The lowest BCUT2D eigenvalue weighted by Crippen LogP contribution is -2.07. The van der Waals surface area contributed by atoms with Gasteiger partial charge in [0.25, 0.3) is 0 Å². The van der Waals surface area contributed by atoms with E-state index in [0.29, 0.717) is 23.2 Å². The second-order valence-corrected chi connectivity index (χ2v) is 6.83. The fourth-order valence-corrected chi connectivity index (χ4v) is 3.15. The summed E-state index contributed by atoms with van der Waals surface area (Å²) in [6.45, 7) is 3.87. The molecule has 0 spiro atoms. The van der Waals surface area contributed by atoms with Crippen LogP contribution in [0.25, 0.3) is 5.69 Å². The number of nitrogens with zero attached hydrogens (tertiary/aromatic N) is 3. The molecule has 3 rings (SSSR count). The Balaban J connectivity index is 2.00. The van der Waals surface area contributed by atoms with E-state index in [0.717, 1.165) is 21.3 Å². The molecule has 0 saturated heterocycles. The summed E-state index contributed by atoms with van der Waals surface area (Å²) in [5.41, 5.74) is 4.63. The molecule has 1 aromatic heterocycles. The number of halogens is 1. The van der Waals surface area contributed by atoms with Gasteiger partial charge in [0.15, 0.2) is 5.78 Å². The lowest BCUT2D eigenvalue weighted by Gasteiger charge is -2.10. The minimum atomic E-state index is -0.0138. The molecule has 0 aliphatic rings. The molecule has 0 aliphatic carbocycles. The molecule has 1 N–H and O–H groups in total. The number of hydrogen-bond acceptors (Lipinski definition) is 4. The van der Waals surface area contributed by atoms with Gasteiger partial charge in [-0.05, 0) is 55.3 Å². The van der Waals surface area contributed by atoms with Gasteiger partial charge in [-0.2, -0.15) is 0 Å². The highest BCUT2D eigenvalue weighted by Gasteiger charge is 2.16. The smallest absolute Gasteiger partial charge is 0.193 e. The summed E-state index contributed by atoms with van der Waals surface area (Å²) < 4.78 is 2.57. The van der Waals surface area contributed by atoms with Crippen LogP contribution in [0.4, 0.5) is 0 Å². The number of carbonyl (C=O) groups excluding carboxylic acids is 1. The molecular formula is C19H18BrN3O2. The van der Waals surface area contributed by atoms with Gasteiger partial charge < -0.3 is 5.11 Å². The second-order valence-electron chi connectivity index (χ2n) is 5.92. The summed E-state index contributed by atoms with van der Waals surface area (Å²) in [5.74, 6) is -0.0138. The number of ketones is 1. The number of aryl methyl sites for hydroxylation is 2. The Kier molecular flexibility index (Phi) is 5.11. The first-order chi connectivity index (χ1) is 12.0. The van der Waals surface area contributed by atoms with Crippen LogP contribution in [0.1, 0.15) is 32.7 Å². The van der Waals surface area contributed by atoms with E-state index in [2.05, 4.69) is 26.2 Å². The summed E-state index contributed by atoms with van der Waals surface area (Å²) >= 11 is 3.43. The van der Waals surface area contributed by atoms with Crippen molar-refractivity contribution < 1.29 is 9.90 Å². The van der Waals surface area contributed by atoms with E-state index in [1.165, 1.54) is 0 Å². The Hall–Kier alpha value is -2.31. The summed E-state index contributed by atoms with van der Waals surface area (Å²) in [7, 11) is 0. The zero-order valence-corrected chi connectivity index (χ0v) is 15.6. The average Bonchev–Trinajstić information content (AvgIpc) is 3.04. The molecule has 0 aliphatic heterocycles. The van der Waals surface area contributed by atoms with Crippen molar-refractivity contribution in [2.45, 2.75) is 20.3 Å². The first kappa shape index (κ1) is 17.5. The highest BCUT2D eigenvalue weighted by atomic mass is 79.9. The third-order valence-corrected chi connectivity index (χ3v) is 4.57. The Bertz CT molecular complexity index is 934. The Morgan fingerprint density at radius 2 is 1.92 bits per heavy atom. The highest BCUT2D eigenvalue weighted by Crippen LogP contribution is 2.22. The topological polar surface area (TPSA) is 68.0 Å². The van der Waals surface area contributed by atoms with Crippen molar-refractivity contribution in [3.8, 4) is 5.69 Å². The SMILES string of the molecule is Cc1cc(Br)ccc1C(=O)c1cc(-n2cc(CCO)nn2)ccc1C. The fourth-order valence-electron chi connectivity index (χ4n) is 2.68. The zero-order valence-electron chi connectivity index (χ0n) is 14.0. The van der Waals surface area contributed by atoms with Crippen molar-refractivity contribution in [2.24, 2.45) is 0 Å². The van der Waals surface area contributed by atoms with Gasteiger partial charge >= 0.3 is 0 Å². The monoisotopic (exact) mass is 399 g/mol. The predicted octanol–water partition coefficient (Wildman–Crippen LogP) is 3.41. The molecular weight excluding hydrogens is 382 g/mol. The van der Waals surface area contributed by atoms with E-state index >= 15 is 0 Å². The highest BCUT2D eigenvalue weighted by molar-refractivity contribution is 9.10. The molecule has 1 heterocycles. The number of aliphatic hydroxyl groups excluding tert-OH is 1. The molecule has 0 saturated carbocycles. The molecule has 6 heteroatoms. The molecule has 0 radical (unpaired) electrons. The molecule has 0 amide bonds. The van der Waals surface area contributed by atoms with E-state index in [4.69, 9.17) is 5.11 Å². The molecule has 128 valence electrons. The summed E-state index contributed by atoms with van der Waals surface area (Å²) in [4.78, 5) is 13.0. The van der Waals surface area contributed by atoms with Crippen LogP contribution in [0.3, 0.4) is 0 Å². The summed E-state index contributed by atoms with van der Waals surface area (Å²) in [6.07, 6.45) is 2.22. The van der Waals surface area contributed by atoms with Crippen LogP contribution in [0.2, 0.25) is 0 Å². The van der Waals surface area contributed by atoms with E-state index < -0.39 is 0 Å². The maximum atomic E-state index is 13.0.